The summed E-state index contributed by atoms with van der Waals surface area (Å²) < 4.78 is 3.50. The van der Waals surface area contributed by atoms with Crippen molar-refractivity contribution in [1.82, 2.24) is 35.0 Å². The van der Waals surface area contributed by atoms with Crippen molar-refractivity contribution in [2.24, 2.45) is 0 Å². The molecule has 9 heteroatoms. The zero-order valence-corrected chi connectivity index (χ0v) is 18.6. The van der Waals surface area contributed by atoms with Crippen molar-refractivity contribution in [2.75, 3.05) is 5.32 Å². The van der Waals surface area contributed by atoms with Crippen LogP contribution in [0.2, 0.25) is 0 Å². The number of anilines is 1. The van der Waals surface area contributed by atoms with E-state index in [4.69, 9.17) is 4.98 Å². The van der Waals surface area contributed by atoms with Gasteiger partial charge in [0.15, 0.2) is 11.5 Å². The minimum atomic E-state index is -0.208. The van der Waals surface area contributed by atoms with Gasteiger partial charge in [0.25, 0.3) is 5.91 Å². The highest BCUT2D eigenvalue weighted by atomic mass is 16.1. The molecule has 160 valence electrons. The van der Waals surface area contributed by atoms with E-state index in [9.17, 15) is 4.79 Å². The SMILES string of the molecule is Cc1ccc(NC(=O)c2cc(C(C)C)nc3c2cnn3C(C)C)cc1-n1nnnc1C. The summed E-state index contributed by atoms with van der Waals surface area (Å²) in [5.74, 6) is 0.645. The van der Waals surface area contributed by atoms with Gasteiger partial charge in [0.2, 0.25) is 0 Å². The first kappa shape index (κ1) is 20.6. The fourth-order valence-electron chi connectivity index (χ4n) is 3.47. The van der Waals surface area contributed by atoms with Gasteiger partial charge in [-0.2, -0.15) is 9.78 Å². The molecule has 0 saturated heterocycles. The largest absolute Gasteiger partial charge is 0.322 e. The van der Waals surface area contributed by atoms with Crippen LogP contribution in [-0.4, -0.2) is 40.9 Å². The summed E-state index contributed by atoms with van der Waals surface area (Å²) in [6, 6.07) is 7.67. The summed E-state index contributed by atoms with van der Waals surface area (Å²) in [4.78, 5) is 18.1. The molecule has 4 rings (SSSR count). The van der Waals surface area contributed by atoms with Crippen LogP contribution in [0.3, 0.4) is 0 Å². The number of hydrogen-bond donors (Lipinski definition) is 1. The van der Waals surface area contributed by atoms with E-state index in [0.29, 0.717) is 17.1 Å². The van der Waals surface area contributed by atoms with Crippen LogP contribution in [-0.2, 0) is 0 Å². The summed E-state index contributed by atoms with van der Waals surface area (Å²) in [6.45, 7) is 12.0. The van der Waals surface area contributed by atoms with E-state index < -0.39 is 0 Å². The number of rotatable bonds is 5. The predicted octanol–water partition coefficient (Wildman–Crippen LogP) is 3.98. The fraction of sp³-hybridized carbons (Fsp3) is 0.364. The van der Waals surface area contributed by atoms with Gasteiger partial charge in [0, 0.05) is 17.4 Å². The monoisotopic (exact) mass is 418 g/mol. The Kier molecular flexibility index (Phi) is 5.26. The normalized spacial score (nSPS) is 11.6. The predicted molar refractivity (Wildman–Crippen MR) is 119 cm³/mol. The van der Waals surface area contributed by atoms with E-state index in [1.807, 2.05) is 56.6 Å². The Morgan fingerprint density at radius 1 is 1.10 bits per heavy atom. The minimum Gasteiger partial charge on any atom is -0.322 e. The molecule has 0 unspecified atom stereocenters. The van der Waals surface area contributed by atoms with E-state index in [-0.39, 0.29) is 17.9 Å². The Balaban J connectivity index is 1.75. The number of nitrogens with zero attached hydrogens (tertiary/aromatic N) is 7. The average molecular weight is 419 g/mol. The number of carbonyl (C=O) groups excluding carboxylic acids is 1. The van der Waals surface area contributed by atoms with Crippen molar-refractivity contribution in [1.29, 1.82) is 0 Å². The third kappa shape index (κ3) is 3.78. The number of pyridine rings is 1. The lowest BCUT2D eigenvalue weighted by atomic mass is 10.0. The molecule has 0 bridgehead atoms. The van der Waals surface area contributed by atoms with Crippen molar-refractivity contribution >= 4 is 22.6 Å². The van der Waals surface area contributed by atoms with Gasteiger partial charge in [-0.3, -0.25) is 4.79 Å². The maximum atomic E-state index is 13.3. The molecule has 31 heavy (non-hydrogen) atoms. The van der Waals surface area contributed by atoms with E-state index in [1.54, 1.807) is 10.9 Å². The third-order valence-electron chi connectivity index (χ3n) is 5.23. The topological polar surface area (TPSA) is 103 Å². The maximum absolute atomic E-state index is 13.3. The molecule has 1 N–H and O–H groups in total. The zero-order chi connectivity index (χ0) is 22.3. The van der Waals surface area contributed by atoms with Crippen LogP contribution >= 0.6 is 0 Å². The van der Waals surface area contributed by atoms with Gasteiger partial charge in [0.1, 0.15) is 0 Å². The van der Waals surface area contributed by atoms with Crippen LogP contribution < -0.4 is 5.32 Å². The highest BCUT2D eigenvalue weighted by Crippen LogP contribution is 2.26. The lowest BCUT2D eigenvalue weighted by Crippen LogP contribution is -2.15. The van der Waals surface area contributed by atoms with Crippen LogP contribution in [0.4, 0.5) is 5.69 Å². The van der Waals surface area contributed by atoms with E-state index in [0.717, 1.165) is 28.0 Å². The van der Waals surface area contributed by atoms with Crippen molar-refractivity contribution in [3.63, 3.8) is 0 Å². The number of benzene rings is 1. The van der Waals surface area contributed by atoms with Crippen molar-refractivity contribution in [2.45, 2.75) is 53.5 Å². The Labute approximate surface area is 180 Å². The molecule has 0 atom stereocenters. The first-order valence-electron chi connectivity index (χ1n) is 10.3. The third-order valence-corrected chi connectivity index (χ3v) is 5.23. The lowest BCUT2D eigenvalue weighted by molar-refractivity contribution is 0.102. The zero-order valence-electron chi connectivity index (χ0n) is 18.6. The Morgan fingerprint density at radius 3 is 2.52 bits per heavy atom. The van der Waals surface area contributed by atoms with Gasteiger partial charge < -0.3 is 5.32 Å². The molecule has 0 radical (unpaired) electrons. The van der Waals surface area contributed by atoms with Crippen molar-refractivity contribution in [3.05, 3.63) is 53.1 Å². The summed E-state index contributed by atoms with van der Waals surface area (Å²) in [5.41, 5.74) is 4.61. The fourth-order valence-corrected chi connectivity index (χ4v) is 3.47. The Hall–Kier alpha value is -3.62. The van der Waals surface area contributed by atoms with Crippen LogP contribution in [0.1, 0.15) is 67.1 Å². The highest BCUT2D eigenvalue weighted by molar-refractivity contribution is 6.12. The molecule has 0 fully saturated rings. The number of aromatic nitrogens is 7. The minimum absolute atomic E-state index is 0.141. The molecule has 0 saturated carbocycles. The Bertz CT molecular complexity index is 1270. The Morgan fingerprint density at radius 2 is 1.87 bits per heavy atom. The van der Waals surface area contributed by atoms with Gasteiger partial charge in [-0.1, -0.05) is 19.9 Å². The first-order chi connectivity index (χ1) is 14.8. The summed E-state index contributed by atoms with van der Waals surface area (Å²) >= 11 is 0. The van der Waals surface area contributed by atoms with Crippen LogP contribution in [0.25, 0.3) is 16.7 Å². The first-order valence-corrected chi connectivity index (χ1v) is 10.3. The number of nitrogens with one attached hydrogen (secondary N) is 1. The van der Waals surface area contributed by atoms with Gasteiger partial charge in [-0.15, -0.1) is 5.10 Å². The molecule has 1 amide bonds. The van der Waals surface area contributed by atoms with Crippen LogP contribution in [0.5, 0.6) is 0 Å². The molecule has 4 aromatic rings. The molecule has 0 aliphatic rings. The molecular formula is C22H26N8O. The second-order valence-corrected chi connectivity index (χ2v) is 8.26. The van der Waals surface area contributed by atoms with E-state index in [1.165, 1.54) is 0 Å². The van der Waals surface area contributed by atoms with E-state index >= 15 is 0 Å². The molecule has 0 aliphatic carbocycles. The number of hydrogen-bond acceptors (Lipinski definition) is 6. The van der Waals surface area contributed by atoms with Gasteiger partial charge in [-0.05, 0) is 67.8 Å². The number of amides is 1. The van der Waals surface area contributed by atoms with Crippen molar-refractivity contribution < 1.29 is 4.79 Å². The van der Waals surface area contributed by atoms with Crippen molar-refractivity contribution in [3.8, 4) is 5.69 Å². The molecule has 0 aliphatic heterocycles. The second kappa shape index (κ2) is 7.90. The molecule has 1 aromatic carbocycles. The summed E-state index contributed by atoms with van der Waals surface area (Å²) in [7, 11) is 0. The molecule has 0 spiro atoms. The molecule has 3 aromatic heterocycles. The van der Waals surface area contributed by atoms with Gasteiger partial charge >= 0.3 is 0 Å². The van der Waals surface area contributed by atoms with Gasteiger partial charge in [0.05, 0.1) is 22.8 Å². The maximum Gasteiger partial charge on any atom is 0.256 e. The number of tetrazole rings is 1. The highest BCUT2D eigenvalue weighted by Gasteiger charge is 2.19. The number of carbonyl (C=O) groups is 1. The standard InChI is InChI=1S/C22H26N8O/c1-12(2)19-10-17(18-11-23-29(13(3)4)21(18)25-19)22(31)24-16-8-7-14(5)20(9-16)30-15(6)26-27-28-30/h7-13H,1-6H3,(H,24,31). The quantitative estimate of drug-likeness (QED) is 0.526. The van der Waals surface area contributed by atoms with E-state index in [2.05, 4.69) is 39.8 Å². The molecule has 3 heterocycles. The molecule has 9 nitrogen and oxygen atoms in total. The number of fused-ring (bicyclic) bond motifs is 1. The van der Waals surface area contributed by atoms with Gasteiger partial charge in [-0.25, -0.2) is 9.67 Å². The smallest absolute Gasteiger partial charge is 0.256 e. The van der Waals surface area contributed by atoms with Crippen LogP contribution in [0, 0.1) is 13.8 Å². The summed E-state index contributed by atoms with van der Waals surface area (Å²) in [6.07, 6.45) is 1.71. The van der Waals surface area contributed by atoms with Crippen LogP contribution in [0.15, 0.2) is 30.5 Å². The molecular weight excluding hydrogens is 392 g/mol. The second-order valence-electron chi connectivity index (χ2n) is 8.26. The number of aryl methyl sites for hydroxylation is 2. The lowest BCUT2D eigenvalue weighted by Gasteiger charge is -2.13. The summed E-state index contributed by atoms with van der Waals surface area (Å²) in [5, 5.41) is 19.9. The average Bonchev–Trinajstić information content (AvgIpc) is 3.34.